The molecular formula is C21H23FN2O. The fourth-order valence-electron chi connectivity index (χ4n) is 3.63. The molecule has 0 amide bonds. The van der Waals surface area contributed by atoms with E-state index < -0.39 is 0 Å². The van der Waals surface area contributed by atoms with Gasteiger partial charge >= 0.3 is 0 Å². The molecule has 2 aromatic carbocycles. The van der Waals surface area contributed by atoms with E-state index in [1.807, 2.05) is 6.07 Å². The lowest BCUT2D eigenvalue weighted by Gasteiger charge is -2.34. The monoisotopic (exact) mass is 338 g/mol. The molecule has 2 aliphatic heterocycles. The maximum atomic E-state index is 13.3. The Bertz CT molecular complexity index is 766. The van der Waals surface area contributed by atoms with E-state index in [9.17, 15) is 4.39 Å². The topological polar surface area (TPSA) is 24.5 Å². The van der Waals surface area contributed by atoms with Gasteiger partial charge in [-0.3, -0.25) is 0 Å². The van der Waals surface area contributed by atoms with Gasteiger partial charge in [-0.05, 0) is 86.8 Å². The van der Waals surface area contributed by atoms with Crippen LogP contribution in [0, 0.1) is 5.82 Å². The van der Waals surface area contributed by atoms with Crippen LogP contribution in [0.2, 0.25) is 0 Å². The number of halogens is 1. The van der Waals surface area contributed by atoms with Gasteiger partial charge in [0.25, 0.3) is 0 Å². The minimum atomic E-state index is -0.225. The Morgan fingerprint density at radius 3 is 2.56 bits per heavy atom. The summed E-state index contributed by atoms with van der Waals surface area (Å²) < 4.78 is 19.4. The Hall–Kier alpha value is -2.33. The van der Waals surface area contributed by atoms with Crippen LogP contribution in [0.5, 0.6) is 5.75 Å². The van der Waals surface area contributed by atoms with E-state index in [2.05, 4.69) is 28.9 Å². The first-order valence-corrected chi connectivity index (χ1v) is 8.94. The highest BCUT2D eigenvalue weighted by atomic mass is 19.1. The largest absolute Gasteiger partial charge is 0.490 e. The van der Waals surface area contributed by atoms with Crippen molar-refractivity contribution < 1.29 is 9.13 Å². The molecule has 0 saturated carbocycles. The van der Waals surface area contributed by atoms with Crippen LogP contribution in [0.15, 0.2) is 54.7 Å². The number of hydrogen-bond donors (Lipinski definition) is 1. The molecule has 0 aromatic heterocycles. The van der Waals surface area contributed by atoms with Crippen LogP contribution in [0.4, 0.5) is 15.8 Å². The van der Waals surface area contributed by atoms with Crippen molar-refractivity contribution in [3.8, 4) is 5.75 Å². The maximum absolute atomic E-state index is 13.3. The quantitative estimate of drug-likeness (QED) is 0.888. The van der Waals surface area contributed by atoms with E-state index in [1.165, 1.54) is 17.7 Å². The minimum absolute atomic E-state index is 0.225. The molecule has 0 aliphatic carbocycles. The molecule has 0 spiro atoms. The highest BCUT2D eigenvalue weighted by molar-refractivity contribution is 5.73. The van der Waals surface area contributed by atoms with Crippen LogP contribution < -0.4 is 15.0 Å². The second kappa shape index (κ2) is 6.89. The van der Waals surface area contributed by atoms with Crippen molar-refractivity contribution in [2.45, 2.75) is 31.8 Å². The van der Waals surface area contributed by atoms with Crippen LogP contribution in [-0.4, -0.2) is 19.2 Å². The molecule has 0 bridgehead atoms. The van der Waals surface area contributed by atoms with Gasteiger partial charge < -0.3 is 15.0 Å². The fourth-order valence-corrected chi connectivity index (χ4v) is 3.63. The van der Waals surface area contributed by atoms with Crippen molar-refractivity contribution >= 4 is 11.4 Å². The minimum Gasteiger partial charge on any atom is -0.490 e. The molecule has 2 aromatic rings. The molecule has 0 unspecified atom stereocenters. The third-order valence-electron chi connectivity index (χ3n) is 4.96. The Kier molecular flexibility index (Phi) is 4.45. The van der Waals surface area contributed by atoms with Crippen molar-refractivity contribution in [1.29, 1.82) is 0 Å². The van der Waals surface area contributed by atoms with E-state index in [0.29, 0.717) is 6.10 Å². The number of hydrogen-bond acceptors (Lipinski definition) is 3. The van der Waals surface area contributed by atoms with E-state index >= 15 is 0 Å². The number of ether oxygens (including phenoxy) is 1. The lowest BCUT2D eigenvalue weighted by molar-refractivity contribution is 0.162. The lowest BCUT2D eigenvalue weighted by atomic mass is 9.98. The molecule has 25 heavy (non-hydrogen) atoms. The van der Waals surface area contributed by atoms with Crippen molar-refractivity contribution in [2.24, 2.45) is 0 Å². The number of fused-ring (bicyclic) bond motifs is 1. The van der Waals surface area contributed by atoms with E-state index in [0.717, 1.165) is 61.6 Å². The van der Waals surface area contributed by atoms with Gasteiger partial charge in [0.05, 0.1) is 0 Å². The Morgan fingerprint density at radius 2 is 1.80 bits per heavy atom. The molecule has 4 rings (SSSR count). The predicted octanol–water partition coefficient (Wildman–Crippen LogP) is 4.55. The summed E-state index contributed by atoms with van der Waals surface area (Å²) in [6, 6.07) is 12.9. The zero-order chi connectivity index (χ0) is 17.2. The van der Waals surface area contributed by atoms with Crippen LogP contribution >= 0.6 is 0 Å². The number of benzene rings is 2. The molecule has 2 heterocycles. The molecule has 1 N–H and O–H groups in total. The van der Waals surface area contributed by atoms with Gasteiger partial charge in [-0.25, -0.2) is 4.39 Å². The predicted molar refractivity (Wildman–Crippen MR) is 99.0 cm³/mol. The summed E-state index contributed by atoms with van der Waals surface area (Å²) in [6.45, 7) is 6.25. The molecule has 3 nitrogen and oxygen atoms in total. The summed E-state index contributed by atoms with van der Waals surface area (Å²) >= 11 is 0. The molecule has 130 valence electrons. The van der Waals surface area contributed by atoms with Crippen LogP contribution in [0.1, 0.15) is 24.8 Å². The van der Waals surface area contributed by atoms with Crippen LogP contribution in [0.25, 0.3) is 0 Å². The summed E-state index contributed by atoms with van der Waals surface area (Å²) in [5.41, 5.74) is 4.34. The number of aryl methyl sites for hydroxylation is 1. The van der Waals surface area contributed by atoms with Crippen molar-refractivity contribution in [3.63, 3.8) is 0 Å². The summed E-state index contributed by atoms with van der Waals surface area (Å²) in [7, 11) is 0. The number of anilines is 2. The van der Waals surface area contributed by atoms with E-state index in [4.69, 9.17) is 4.74 Å². The second-order valence-corrected chi connectivity index (χ2v) is 6.74. The average Bonchev–Trinajstić information content (AvgIpc) is 2.64. The highest BCUT2D eigenvalue weighted by Gasteiger charge is 2.23. The van der Waals surface area contributed by atoms with Crippen molar-refractivity contribution in [3.05, 3.63) is 66.1 Å². The molecule has 4 heteroatoms. The van der Waals surface area contributed by atoms with Crippen molar-refractivity contribution in [2.75, 3.05) is 18.0 Å². The zero-order valence-electron chi connectivity index (χ0n) is 14.3. The first-order chi connectivity index (χ1) is 12.2. The number of allylic oxidation sites excluding steroid dienone is 1. The van der Waals surface area contributed by atoms with Crippen LogP contribution in [0.3, 0.4) is 0 Å². The molecule has 0 radical (unpaired) electrons. The number of nitrogens with one attached hydrogen (secondary N) is 1. The van der Waals surface area contributed by atoms with Crippen LogP contribution in [-0.2, 0) is 6.42 Å². The second-order valence-electron chi connectivity index (χ2n) is 6.74. The van der Waals surface area contributed by atoms with Gasteiger partial charge in [0.1, 0.15) is 17.7 Å². The first-order valence-electron chi connectivity index (χ1n) is 8.94. The lowest BCUT2D eigenvalue weighted by Crippen LogP contribution is -2.34. The van der Waals surface area contributed by atoms with Crippen molar-refractivity contribution in [1.82, 2.24) is 5.32 Å². The summed E-state index contributed by atoms with van der Waals surface area (Å²) in [4.78, 5) is 2.12. The van der Waals surface area contributed by atoms with Gasteiger partial charge in [-0.1, -0.05) is 6.58 Å². The molecule has 1 fully saturated rings. The number of nitrogens with zero attached hydrogens (tertiary/aromatic N) is 1. The average molecular weight is 338 g/mol. The normalized spacial score (nSPS) is 18.1. The van der Waals surface area contributed by atoms with Gasteiger partial charge in [0.2, 0.25) is 0 Å². The van der Waals surface area contributed by atoms with E-state index in [-0.39, 0.29) is 5.82 Å². The SMILES string of the molecule is C=C1CCc2cc(OC3CCNCC3)ccc2N1c1ccc(F)cc1. The summed E-state index contributed by atoms with van der Waals surface area (Å²) in [5.74, 6) is 0.717. The Balaban J connectivity index is 1.61. The molecule has 2 aliphatic rings. The third-order valence-corrected chi connectivity index (χ3v) is 4.96. The highest BCUT2D eigenvalue weighted by Crippen LogP contribution is 2.40. The van der Waals surface area contributed by atoms with Gasteiger partial charge in [0.15, 0.2) is 0 Å². The standard InChI is InChI=1S/C21H23FN2O/c1-15-2-3-16-14-20(25-19-10-12-23-13-11-19)8-9-21(16)24(15)18-6-4-17(22)5-7-18/h4-9,14,19,23H,1-3,10-13H2. The van der Waals surface area contributed by atoms with Gasteiger partial charge in [0, 0.05) is 17.1 Å². The van der Waals surface area contributed by atoms with E-state index in [1.54, 1.807) is 12.1 Å². The fraction of sp³-hybridized carbons (Fsp3) is 0.333. The molecule has 0 atom stereocenters. The molecular weight excluding hydrogens is 315 g/mol. The smallest absolute Gasteiger partial charge is 0.123 e. The maximum Gasteiger partial charge on any atom is 0.123 e. The molecule has 1 saturated heterocycles. The summed E-state index contributed by atoms with van der Waals surface area (Å²) in [6.07, 6.45) is 4.24. The zero-order valence-corrected chi connectivity index (χ0v) is 14.3. The summed E-state index contributed by atoms with van der Waals surface area (Å²) in [5, 5.41) is 3.36. The number of piperidine rings is 1. The van der Waals surface area contributed by atoms with Gasteiger partial charge in [-0.2, -0.15) is 0 Å². The Labute approximate surface area is 148 Å². The Morgan fingerprint density at radius 1 is 1.04 bits per heavy atom. The first kappa shape index (κ1) is 16.2. The number of rotatable bonds is 3. The third kappa shape index (κ3) is 3.40. The van der Waals surface area contributed by atoms with Gasteiger partial charge in [-0.15, -0.1) is 0 Å².